The van der Waals surface area contributed by atoms with Crippen LogP contribution in [0.2, 0.25) is 6.82 Å². The van der Waals surface area contributed by atoms with Crippen molar-refractivity contribution in [2.75, 3.05) is 44.8 Å². The summed E-state index contributed by atoms with van der Waals surface area (Å²) in [6.45, 7) is 6.47. The van der Waals surface area contributed by atoms with Gasteiger partial charge in [-0.1, -0.05) is 0 Å². The Morgan fingerprint density at radius 2 is 1.95 bits per heavy atom. The predicted molar refractivity (Wildman–Crippen MR) is 145 cm³/mol. The van der Waals surface area contributed by atoms with E-state index in [0.717, 1.165) is 80.6 Å². The molecule has 4 atom stereocenters. The number of rotatable bonds is 6. The minimum atomic E-state index is -0.497. The molecule has 6 heterocycles. The highest BCUT2D eigenvalue weighted by Gasteiger charge is 2.49. The highest BCUT2D eigenvalue weighted by Crippen LogP contribution is 2.45. The summed E-state index contributed by atoms with van der Waals surface area (Å²) < 4.78 is 34.1. The Kier molecular flexibility index (Phi) is 6.36. The molecule has 204 valence electrons. The van der Waals surface area contributed by atoms with Gasteiger partial charge >= 0.3 is 13.1 Å². The van der Waals surface area contributed by atoms with E-state index in [4.69, 9.17) is 19.2 Å². The first-order valence-electron chi connectivity index (χ1n) is 13.8. The second-order valence-electron chi connectivity index (χ2n) is 11.6. The van der Waals surface area contributed by atoms with Gasteiger partial charge in [-0.25, -0.2) is 4.39 Å². The summed E-state index contributed by atoms with van der Waals surface area (Å²) in [5, 5.41) is 11.0. The largest absolute Gasteiger partial charge is 0.461 e. The van der Waals surface area contributed by atoms with Crippen LogP contribution in [0.1, 0.15) is 43.2 Å². The molecule has 2 aromatic rings. The van der Waals surface area contributed by atoms with Gasteiger partial charge in [-0.15, -0.1) is 0 Å². The Morgan fingerprint density at radius 1 is 1.18 bits per heavy atom. The maximum atomic E-state index is 15.9. The first-order valence-corrected chi connectivity index (χ1v) is 14.6. The molecule has 2 bridgehead atoms. The summed E-state index contributed by atoms with van der Waals surface area (Å²) in [5.74, 6) is 0.339. The number of fused-ring (bicyclic) bond motifs is 6. The highest BCUT2D eigenvalue weighted by molar-refractivity contribution is 9.10. The lowest BCUT2D eigenvalue weighted by Crippen LogP contribution is -2.57. The smallest absolute Gasteiger partial charge is 0.376 e. The van der Waals surface area contributed by atoms with Crippen molar-refractivity contribution in [1.82, 2.24) is 19.7 Å². The zero-order valence-corrected chi connectivity index (χ0v) is 23.5. The Hall–Kier alpha value is -1.57. The lowest BCUT2D eigenvalue weighted by Gasteiger charge is -2.42. The van der Waals surface area contributed by atoms with E-state index in [9.17, 15) is 5.02 Å². The number of hydrogen-bond donors (Lipinski definition) is 1. The number of methoxy groups -OCH3 is 1. The van der Waals surface area contributed by atoms with Crippen molar-refractivity contribution in [2.45, 2.75) is 75.9 Å². The van der Waals surface area contributed by atoms with Gasteiger partial charge in [0.2, 0.25) is 0 Å². The fraction of sp³-hybridized carbons (Fsp3) is 0.692. The lowest BCUT2D eigenvalue weighted by molar-refractivity contribution is 0.0997. The minimum Gasteiger partial charge on any atom is -0.461 e. The average molecular weight is 590 g/mol. The molecule has 0 aliphatic carbocycles. The van der Waals surface area contributed by atoms with Crippen LogP contribution in [0.25, 0.3) is 10.9 Å². The van der Waals surface area contributed by atoms with Gasteiger partial charge < -0.3 is 28.9 Å². The molecule has 0 saturated carbocycles. The first-order chi connectivity index (χ1) is 18.4. The second kappa shape index (κ2) is 9.52. The van der Waals surface area contributed by atoms with Crippen molar-refractivity contribution in [3.05, 3.63) is 21.4 Å². The first kappa shape index (κ1) is 25.4. The lowest BCUT2D eigenvalue weighted by atomic mass is 9.83. The highest BCUT2D eigenvalue weighted by atomic mass is 79.9. The molecule has 9 nitrogen and oxygen atoms in total. The van der Waals surface area contributed by atoms with Crippen LogP contribution < -0.4 is 9.64 Å². The Bertz CT molecular complexity index is 1260. The van der Waals surface area contributed by atoms with Crippen LogP contribution in [-0.2, 0) is 22.7 Å². The number of anilines is 1. The zero-order valence-electron chi connectivity index (χ0n) is 22.0. The number of benzene rings is 1. The fourth-order valence-corrected chi connectivity index (χ4v) is 8.15. The van der Waals surface area contributed by atoms with Gasteiger partial charge in [0.15, 0.2) is 5.82 Å². The maximum Gasteiger partial charge on any atom is 0.376 e. The van der Waals surface area contributed by atoms with Crippen LogP contribution >= 0.6 is 15.9 Å². The van der Waals surface area contributed by atoms with Crippen molar-refractivity contribution in [1.29, 1.82) is 0 Å². The Balaban J connectivity index is 1.30. The number of piperazine rings is 1. The third kappa shape index (κ3) is 3.89. The monoisotopic (exact) mass is 589 g/mol. The van der Waals surface area contributed by atoms with Gasteiger partial charge in [0.05, 0.1) is 34.7 Å². The molecule has 0 amide bonds. The topological polar surface area (TPSA) is 83.4 Å². The fourth-order valence-electron chi connectivity index (χ4n) is 7.61. The normalized spacial score (nSPS) is 30.9. The molecule has 5 aliphatic heterocycles. The zero-order chi connectivity index (χ0) is 26.2. The van der Waals surface area contributed by atoms with Crippen molar-refractivity contribution < 1.29 is 23.6 Å². The maximum absolute atomic E-state index is 15.9. The molecule has 0 spiro atoms. The second-order valence-corrected chi connectivity index (χ2v) is 12.4. The van der Waals surface area contributed by atoms with E-state index in [1.807, 2.05) is 6.82 Å². The standard InChI is InChI=1S/C26H34BBrFN5O4/c1-27(35)33-9-15-4-5-16(10-33)34(15)24-20-18-12-37-13-19(18)21(28)22(29)23(20)30-25(31-24)38-14-26-6-3-7-32(26)11-17(8-26)36-2/h15-17,35H,3-14H2,1-2H3. The summed E-state index contributed by atoms with van der Waals surface area (Å²) in [6.07, 6.45) is 5.30. The van der Waals surface area contributed by atoms with E-state index < -0.39 is 12.9 Å². The van der Waals surface area contributed by atoms with Crippen LogP contribution in [-0.4, -0.2) is 95.4 Å². The molecule has 1 aromatic heterocycles. The molecular formula is C26H34BBrFN5O4. The molecular weight excluding hydrogens is 556 g/mol. The molecule has 4 unspecified atom stereocenters. The summed E-state index contributed by atoms with van der Waals surface area (Å²) in [7, 11) is 1.28. The SMILES string of the molecule is COC1CN2CCCC2(COc2nc(N3C4CCC3CN(B(C)O)C4)c3c4c(c(Br)c(F)c3n2)COC4)C1. The summed E-state index contributed by atoms with van der Waals surface area (Å²) >= 11 is 3.48. The van der Waals surface area contributed by atoms with Gasteiger partial charge in [0, 0.05) is 44.4 Å². The van der Waals surface area contributed by atoms with Gasteiger partial charge in [0.1, 0.15) is 17.9 Å². The number of halogens is 2. The molecule has 38 heavy (non-hydrogen) atoms. The van der Waals surface area contributed by atoms with E-state index in [2.05, 4.69) is 35.5 Å². The Morgan fingerprint density at radius 3 is 2.68 bits per heavy atom. The van der Waals surface area contributed by atoms with Crippen LogP contribution in [0.5, 0.6) is 6.01 Å². The molecule has 0 radical (unpaired) electrons. The van der Waals surface area contributed by atoms with Gasteiger partial charge in [0.25, 0.3) is 0 Å². The third-order valence-electron chi connectivity index (χ3n) is 9.55. The third-order valence-corrected chi connectivity index (χ3v) is 10.4. The van der Waals surface area contributed by atoms with Crippen LogP contribution in [0.3, 0.4) is 0 Å². The molecule has 5 aliphatic rings. The molecule has 1 aromatic carbocycles. The van der Waals surface area contributed by atoms with E-state index in [1.54, 1.807) is 7.11 Å². The quantitative estimate of drug-likeness (QED) is 0.511. The molecule has 12 heteroatoms. The van der Waals surface area contributed by atoms with Crippen molar-refractivity contribution >= 4 is 39.7 Å². The molecule has 1 N–H and O–H groups in total. The van der Waals surface area contributed by atoms with E-state index >= 15 is 4.39 Å². The molecule has 4 saturated heterocycles. The predicted octanol–water partition coefficient (Wildman–Crippen LogP) is 2.96. The van der Waals surface area contributed by atoms with Crippen molar-refractivity contribution in [2.24, 2.45) is 0 Å². The number of hydrogen-bond acceptors (Lipinski definition) is 9. The number of aromatic nitrogens is 2. The van der Waals surface area contributed by atoms with E-state index in [1.165, 1.54) is 0 Å². The number of nitrogens with zero attached hydrogens (tertiary/aromatic N) is 5. The average Bonchev–Trinajstić information content (AvgIpc) is 3.67. The Labute approximate surface area is 230 Å². The summed E-state index contributed by atoms with van der Waals surface area (Å²) in [5.41, 5.74) is 1.97. The minimum absolute atomic E-state index is 0.0913. The van der Waals surface area contributed by atoms with Crippen LogP contribution in [0, 0.1) is 5.82 Å². The van der Waals surface area contributed by atoms with Gasteiger partial charge in [-0.3, -0.25) is 4.90 Å². The summed E-state index contributed by atoms with van der Waals surface area (Å²) in [4.78, 5) is 16.6. The van der Waals surface area contributed by atoms with Crippen LogP contribution in [0.15, 0.2) is 4.47 Å². The number of ether oxygens (including phenoxy) is 3. The van der Waals surface area contributed by atoms with E-state index in [-0.39, 0.29) is 35.3 Å². The van der Waals surface area contributed by atoms with Crippen molar-refractivity contribution in [3.8, 4) is 6.01 Å². The van der Waals surface area contributed by atoms with Crippen LogP contribution in [0.4, 0.5) is 10.2 Å². The van der Waals surface area contributed by atoms with E-state index in [0.29, 0.717) is 24.3 Å². The van der Waals surface area contributed by atoms with Crippen molar-refractivity contribution in [3.63, 3.8) is 0 Å². The summed E-state index contributed by atoms with van der Waals surface area (Å²) in [6, 6.07) is 0.581. The van der Waals surface area contributed by atoms with Gasteiger partial charge in [-0.2, -0.15) is 9.97 Å². The molecule has 4 fully saturated rings. The molecule has 7 rings (SSSR count). The van der Waals surface area contributed by atoms with Gasteiger partial charge in [-0.05, 0) is 67.0 Å².